The van der Waals surface area contributed by atoms with Crippen molar-refractivity contribution in [3.63, 3.8) is 0 Å². The number of nitrogens with one attached hydrogen (secondary N) is 2. The van der Waals surface area contributed by atoms with Crippen LogP contribution < -0.4 is 25.8 Å². The number of aliphatic imine (C=N–C) groups is 1. The summed E-state index contributed by atoms with van der Waals surface area (Å²) in [6.45, 7) is 7.87. The monoisotopic (exact) mass is 1440 g/mol. The minimum absolute atomic E-state index is 0. The minimum Gasteiger partial charge on any atom is -0.508 e. The molecule has 5 aromatic rings. The third-order valence-corrected chi connectivity index (χ3v) is 22.9. The van der Waals surface area contributed by atoms with Crippen molar-refractivity contribution in [1.82, 2.24) is 33.5 Å². The number of fused-ring (bicyclic) bond motifs is 3. The number of rotatable bonds is 13. The second-order valence-corrected chi connectivity index (χ2v) is 27.8. The van der Waals surface area contributed by atoms with E-state index in [-0.39, 0.29) is 119 Å². The van der Waals surface area contributed by atoms with Gasteiger partial charge in [0.2, 0.25) is 36.0 Å². The number of aromatic hydroxyl groups is 1. The maximum atomic E-state index is 15.2. The van der Waals surface area contributed by atoms with E-state index in [9.17, 15) is 34.8 Å². The first-order valence-corrected chi connectivity index (χ1v) is 32.0. The molecule has 0 unspecified atom stereocenters. The number of pyridine rings is 2. The molecule has 0 radical (unpaired) electrons. The van der Waals surface area contributed by atoms with E-state index < -0.39 is 98.2 Å². The van der Waals surface area contributed by atoms with Crippen LogP contribution in [0.3, 0.4) is 0 Å². The van der Waals surface area contributed by atoms with Crippen molar-refractivity contribution in [1.29, 1.82) is 0 Å². The second kappa shape index (κ2) is 34.9. The van der Waals surface area contributed by atoms with Crippen LogP contribution in [0.5, 0.6) is 28.7 Å². The third-order valence-electron chi connectivity index (χ3n) is 16.1. The van der Waals surface area contributed by atoms with Crippen LogP contribution in [-0.4, -0.2) is 175 Å². The summed E-state index contributed by atoms with van der Waals surface area (Å²) in [5.74, 6) is -0.383. The van der Waals surface area contributed by atoms with E-state index in [4.69, 9.17) is 71.1 Å². The van der Waals surface area contributed by atoms with Crippen LogP contribution in [0.2, 0.25) is 0 Å². The molecule has 37 heteroatoms. The van der Waals surface area contributed by atoms with Crippen LogP contribution >= 0.6 is 0 Å². The molecule has 0 bridgehead atoms. The fraction of sp³-hybridized carbons (Fsp3) is 0.441. The molecule has 0 spiro atoms. The van der Waals surface area contributed by atoms with Gasteiger partial charge in [0, 0.05) is 99.0 Å². The van der Waals surface area contributed by atoms with Crippen LogP contribution in [0, 0.1) is 17.5 Å². The number of hydrogen-bond acceptors (Lipinski definition) is 21. The highest BCUT2D eigenvalue weighted by molar-refractivity contribution is 7.90. The summed E-state index contributed by atoms with van der Waals surface area (Å²) in [6, 6.07) is 18.7. The van der Waals surface area contributed by atoms with E-state index >= 15 is 8.78 Å². The van der Waals surface area contributed by atoms with Gasteiger partial charge < -0.3 is 59.4 Å². The summed E-state index contributed by atoms with van der Waals surface area (Å²) in [7, 11) is -2.91. The molecule has 8 heterocycles. The number of ether oxygens (including phenoxy) is 8. The molecule has 96 heavy (non-hydrogen) atoms. The van der Waals surface area contributed by atoms with Crippen LogP contribution in [-0.2, 0) is 75.1 Å². The fourth-order valence-electron chi connectivity index (χ4n) is 11.6. The zero-order valence-corrected chi connectivity index (χ0v) is 53.5. The molecule has 5 fully saturated rings. The quantitative estimate of drug-likeness (QED) is 0.0801. The summed E-state index contributed by atoms with van der Waals surface area (Å²) in [6.07, 6.45) is 5.25. The van der Waals surface area contributed by atoms with Gasteiger partial charge >= 0.3 is 0 Å². The number of guanidine groups is 1. The Balaban J connectivity index is 0.000000357. The number of benzene rings is 3. The van der Waals surface area contributed by atoms with Gasteiger partial charge in [-0.15, -0.1) is 0 Å². The van der Waals surface area contributed by atoms with E-state index in [0.29, 0.717) is 23.0 Å². The minimum atomic E-state index is -3.93. The Morgan fingerprint density at radius 1 is 0.562 bits per heavy atom. The number of phenolic OH excluding ortho intramolecular Hbond substituents is 1. The molecule has 0 saturated carbocycles. The van der Waals surface area contributed by atoms with Crippen LogP contribution in [0.1, 0.15) is 50.8 Å². The summed E-state index contributed by atoms with van der Waals surface area (Å²) >= 11 is 0. The molecule has 24 nitrogen and oxygen atoms in total. The average molecular weight is 1440 g/mol. The highest BCUT2D eigenvalue weighted by atomic mass is 32.2. The largest absolute Gasteiger partial charge is 0.508 e. The smallest absolute Gasteiger partial charge is 0.243 e. The van der Waals surface area contributed by atoms with Gasteiger partial charge in [0.1, 0.15) is 90.2 Å². The van der Waals surface area contributed by atoms with Gasteiger partial charge in [0.25, 0.3) is 0 Å². The third kappa shape index (κ3) is 16.8. The van der Waals surface area contributed by atoms with Gasteiger partial charge in [0.15, 0.2) is 0 Å². The van der Waals surface area contributed by atoms with Gasteiger partial charge in [-0.2, -0.15) is 0 Å². The predicted octanol–water partition coefficient (Wildman–Crippen LogP) is 8.76. The molecule has 2 aromatic heterocycles. The van der Waals surface area contributed by atoms with Crippen LogP contribution in [0.15, 0.2) is 133 Å². The molecule has 0 amide bonds. The lowest BCUT2D eigenvalue weighted by Gasteiger charge is -2.52. The molecule has 11 rings (SSSR count). The average Bonchev–Trinajstić information content (AvgIpc) is 0.732. The number of nitrogens with zero attached hydrogens (tertiary/aromatic N) is 6. The molecular weight excluding hydrogens is 1360 g/mol. The molecule has 5 N–H and O–H groups in total. The van der Waals surface area contributed by atoms with Crippen molar-refractivity contribution in [3.8, 4) is 28.7 Å². The van der Waals surface area contributed by atoms with Gasteiger partial charge in [-0.05, 0) is 98.1 Å². The zero-order chi connectivity index (χ0) is 68.9. The first kappa shape index (κ1) is 82.5. The second-order valence-electron chi connectivity index (χ2n) is 21.4. The number of sulfonamides is 3. The Labute approximate surface area is 549 Å². The first-order valence-electron chi connectivity index (χ1n) is 27.5. The zero-order valence-electron chi connectivity index (χ0n) is 51.0. The Bertz CT molecular complexity index is 3750. The Morgan fingerprint density at radius 3 is 1.33 bits per heavy atom. The van der Waals surface area contributed by atoms with E-state index in [1.54, 1.807) is 36.7 Å². The summed E-state index contributed by atoms with van der Waals surface area (Å²) in [4.78, 5) is 12.4. The number of aromatic nitrogens is 2. The Hall–Kier alpha value is -7.78. The Kier molecular flexibility index (Phi) is 30.0. The number of methoxy groups -OCH3 is 3. The van der Waals surface area contributed by atoms with Crippen LogP contribution in [0.25, 0.3) is 0 Å². The first-order chi connectivity index (χ1) is 44.3. The van der Waals surface area contributed by atoms with Crippen molar-refractivity contribution in [2.75, 3.05) is 82.1 Å². The summed E-state index contributed by atoms with van der Waals surface area (Å²) in [5, 5.41) is 12.9. The molecule has 6 aliphatic heterocycles. The normalized spacial score (nSPS) is 26.0. The molecule has 9 atom stereocenters. The molecule has 0 aliphatic carbocycles. The van der Waals surface area contributed by atoms with Gasteiger partial charge in [-0.25, -0.2) is 47.7 Å². The Morgan fingerprint density at radius 2 is 0.927 bits per heavy atom. The molecule has 5 saturated heterocycles. The number of phenols is 1. The predicted molar refractivity (Wildman–Crippen MR) is 333 cm³/mol. The number of hydrogen-bond donors (Lipinski definition) is 4. The van der Waals surface area contributed by atoms with E-state index in [1.165, 1.54) is 103 Å². The lowest BCUT2D eigenvalue weighted by Crippen LogP contribution is -2.68. The highest BCUT2D eigenvalue weighted by Crippen LogP contribution is 2.48. The molecule has 6 aliphatic rings. The van der Waals surface area contributed by atoms with Crippen molar-refractivity contribution >= 4 is 36.0 Å². The lowest BCUT2D eigenvalue weighted by molar-refractivity contribution is -0.0714. The lowest BCUT2D eigenvalue weighted by atomic mass is 9.82. The molecule has 3 aromatic carbocycles. The van der Waals surface area contributed by atoms with Crippen molar-refractivity contribution < 1.29 is 114 Å². The maximum absolute atomic E-state index is 15.2. The van der Waals surface area contributed by atoms with Crippen molar-refractivity contribution in [3.05, 3.63) is 163 Å². The number of nitrogens with two attached hydrogens (primary N) is 1. The maximum Gasteiger partial charge on any atom is 0.243 e. The van der Waals surface area contributed by atoms with Gasteiger partial charge in [-0.3, -0.25) is 23.3 Å². The van der Waals surface area contributed by atoms with E-state index in [2.05, 4.69) is 38.8 Å². The summed E-state index contributed by atoms with van der Waals surface area (Å²) < 4.78 is 220. The van der Waals surface area contributed by atoms with Gasteiger partial charge in [0.05, 0.1) is 70.3 Å². The molecule has 536 valence electrons. The topological polar surface area (TPSA) is 294 Å². The SMILES string of the molecule is C.C.C=C1N[C@@]2(c3cc(O)ccc3F)CO[C@@H](COC)C[C@H]2S(=O)(=O)N1C.C=C1N[C@@]2(c3cc(Oc4cccnc4)ccc3F)CO[C@@H](COC)C[C@H]2S(=O)(=O)N1C.COC[C@H]1C[C@@H]2[C@](c3cc(Oc4cccnc4)ccc3F)(CO1)N=C(N)N(C)S2(=O)=O.F.FF.FF.FF. The number of halogens is 10. The van der Waals surface area contributed by atoms with E-state index in [0.717, 1.165) is 19.0 Å². The van der Waals surface area contributed by atoms with Crippen molar-refractivity contribution in [2.45, 2.75) is 84.8 Å². The van der Waals surface area contributed by atoms with Crippen molar-refractivity contribution in [2.24, 2.45) is 10.7 Å². The van der Waals surface area contributed by atoms with Crippen LogP contribution in [0.4, 0.5) is 45.3 Å². The fourth-order valence-corrected chi connectivity index (χ4v) is 17.4. The van der Waals surface area contributed by atoms with Gasteiger partial charge in [-0.1, -0.05) is 28.0 Å². The summed E-state index contributed by atoms with van der Waals surface area (Å²) in [5.41, 5.74) is 1.84. The highest BCUT2D eigenvalue weighted by Gasteiger charge is 2.61. The molecular formula is C59H77F10N9O15S3. The van der Waals surface area contributed by atoms with E-state index in [1.807, 2.05) is 0 Å². The standard InChI is InChI=1S/C21H24FN3O5S.C20H23FN4O5S.C16H21FN2O5S.2CH4.3F2.FH/c1-14-24-21(13-29-17(12-28-3)10-20(21)31(26,27)25(14)2)18-9-15(6-7-19(18)22)30-16-5-4-8-23-11-16;1-25-19(22)24-20(12-29-15(11-28-2)9-18(20)31(25,26)27)16-8-13(5-6-17(16)21)30-14-4-3-7-23-10-14;1-10-18-16(13-6-11(20)4-5-14(13)17)9-24-12(8-23-3)7-15(16)25(21,22)19(10)2;;;3*1-2;/h4-9,11,17,20,24H,1,10,12-13H2,2-3H3;3-8,10,15,18H,9,11-12H2,1-2H3,(H2,22,24);4-6,12,15,18,20H,1,7-9H2,2-3H3;2*1H4;;;;1H/t17-,20-,21-;15-,18-,20-;12-,15-,16-;;;;;;/m111....../s1.